The number of hydrogen-bond acceptors (Lipinski definition) is 4. The SMILES string of the molecule is O=C(O[C@H]1C[C@H]2C(=O)N(Cc3ccccc3)CC(=O)N2C1)C(c1ccccc1)c1ccccc1. The molecule has 34 heavy (non-hydrogen) atoms. The highest BCUT2D eigenvalue weighted by Gasteiger charge is 2.47. The lowest BCUT2D eigenvalue weighted by atomic mass is 9.91. The van der Waals surface area contributed by atoms with E-state index in [1.807, 2.05) is 91.0 Å². The third kappa shape index (κ3) is 4.44. The predicted octanol–water partition coefficient (Wildman–Crippen LogP) is 3.37. The molecule has 2 saturated heterocycles. The minimum Gasteiger partial charge on any atom is -0.460 e. The first-order valence-electron chi connectivity index (χ1n) is 11.5. The number of amides is 2. The molecule has 0 bridgehead atoms. The standard InChI is InChI=1S/C28H26N2O4/c31-25-19-29(17-20-10-4-1-5-11-20)27(32)24-16-23(18-30(24)25)34-28(33)26(21-12-6-2-7-13-21)22-14-8-3-9-15-22/h1-15,23-24,26H,16-19H2/t23-,24-/m0/s1. The first-order valence-corrected chi connectivity index (χ1v) is 11.5. The normalized spacial score (nSPS) is 19.9. The molecule has 0 aromatic heterocycles. The van der Waals surface area contributed by atoms with Gasteiger partial charge in [-0.3, -0.25) is 14.4 Å². The van der Waals surface area contributed by atoms with E-state index < -0.39 is 18.1 Å². The third-order valence-electron chi connectivity index (χ3n) is 6.51. The maximum absolute atomic E-state index is 13.4. The first kappa shape index (κ1) is 21.9. The van der Waals surface area contributed by atoms with E-state index in [1.165, 1.54) is 0 Å². The van der Waals surface area contributed by atoms with Gasteiger partial charge in [0.1, 0.15) is 24.6 Å². The van der Waals surface area contributed by atoms with Gasteiger partial charge in [-0.1, -0.05) is 91.0 Å². The second kappa shape index (κ2) is 9.51. The second-order valence-corrected chi connectivity index (χ2v) is 8.79. The van der Waals surface area contributed by atoms with Crippen molar-refractivity contribution in [2.24, 2.45) is 0 Å². The molecule has 2 atom stereocenters. The Labute approximate surface area is 198 Å². The first-order chi connectivity index (χ1) is 16.6. The number of rotatable bonds is 6. The third-order valence-corrected chi connectivity index (χ3v) is 6.51. The number of benzene rings is 3. The molecule has 5 rings (SSSR count). The Hall–Kier alpha value is -3.93. The summed E-state index contributed by atoms with van der Waals surface area (Å²) in [5.41, 5.74) is 2.66. The van der Waals surface area contributed by atoms with Gasteiger partial charge in [0.05, 0.1) is 6.54 Å². The van der Waals surface area contributed by atoms with Gasteiger partial charge in [-0.15, -0.1) is 0 Å². The van der Waals surface area contributed by atoms with Crippen LogP contribution in [0, 0.1) is 0 Å². The van der Waals surface area contributed by atoms with Crippen molar-refractivity contribution in [3.63, 3.8) is 0 Å². The van der Waals surface area contributed by atoms with Crippen molar-refractivity contribution in [3.05, 3.63) is 108 Å². The zero-order chi connectivity index (χ0) is 23.5. The van der Waals surface area contributed by atoms with E-state index >= 15 is 0 Å². The summed E-state index contributed by atoms with van der Waals surface area (Å²) in [6, 6.07) is 28.1. The van der Waals surface area contributed by atoms with E-state index in [-0.39, 0.29) is 30.9 Å². The van der Waals surface area contributed by atoms with Crippen molar-refractivity contribution in [2.75, 3.05) is 13.1 Å². The van der Waals surface area contributed by atoms with Crippen LogP contribution in [0.1, 0.15) is 29.0 Å². The largest absolute Gasteiger partial charge is 0.460 e. The Morgan fingerprint density at radius 3 is 2.00 bits per heavy atom. The maximum Gasteiger partial charge on any atom is 0.318 e. The van der Waals surface area contributed by atoms with Crippen LogP contribution in [0.5, 0.6) is 0 Å². The summed E-state index contributed by atoms with van der Waals surface area (Å²) in [5, 5.41) is 0. The van der Waals surface area contributed by atoms with E-state index in [9.17, 15) is 14.4 Å². The summed E-state index contributed by atoms with van der Waals surface area (Å²) in [6.07, 6.45) is -0.199. The van der Waals surface area contributed by atoms with Gasteiger partial charge in [0.2, 0.25) is 11.8 Å². The molecule has 2 aliphatic heterocycles. The average molecular weight is 455 g/mol. The van der Waals surface area contributed by atoms with Gasteiger partial charge in [-0.2, -0.15) is 0 Å². The highest BCUT2D eigenvalue weighted by Crippen LogP contribution is 2.31. The minimum absolute atomic E-state index is 0.0432. The Bertz CT molecular complexity index is 1130. The van der Waals surface area contributed by atoms with Gasteiger partial charge in [0.25, 0.3) is 0 Å². The molecule has 0 N–H and O–H groups in total. The number of carbonyl (C=O) groups excluding carboxylic acids is 3. The lowest BCUT2D eigenvalue weighted by molar-refractivity contribution is -0.154. The van der Waals surface area contributed by atoms with E-state index in [0.29, 0.717) is 13.0 Å². The predicted molar refractivity (Wildman–Crippen MR) is 127 cm³/mol. The molecule has 0 unspecified atom stereocenters. The molecule has 2 heterocycles. The maximum atomic E-state index is 13.4. The van der Waals surface area contributed by atoms with Crippen molar-refractivity contribution in [3.8, 4) is 0 Å². The highest BCUT2D eigenvalue weighted by atomic mass is 16.5. The summed E-state index contributed by atoms with van der Waals surface area (Å²) < 4.78 is 5.92. The molecule has 0 saturated carbocycles. The van der Waals surface area contributed by atoms with Gasteiger partial charge in [-0.05, 0) is 16.7 Å². The van der Waals surface area contributed by atoms with Gasteiger partial charge in [0.15, 0.2) is 0 Å². The molecule has 6 heteroatoms. The van der Waals surface area contributed by atoms with Crippen LogP contribution in [0.25, 0.3) is 0 Å². The summed E-state index contributed by atoms with van der Waals surface area (Å²) in [5.74, 6) is -1.14. The fraction of sp³-hybridized carbons (Fsp3) is 0.250. The van der Waals surface area contributed by atoms with Crippen molar-refractivity contribution in [2.45, 2.75) is 31.0 Å². The number of nitrogens with zero attached hydrogens (tertiary/aromatic N) is 2. The summed E-state index contributed by atoms with van der Waals surface area (Å²) >= 11 is 0. The van der Waals surface area contributed by atoms with Gasteiger partial charge >= 0.3 is 5.97 Å². The van der Waals surface area contributed by atoms with E-state index in [2.05, 4.69) is 0 Å². The molecule has 3 aromatic rings. The minimum atomic E-state index is -0.588. The summed E-state index contributed by atoms with van der Waals surface area (Å²) in [4.78, 5) is 42.5. The van der Waals surface area contributed by atoms with Crippen LogP contribution in [0.2, 0.25) is 0 Å². The topological polar surface area (TPSA) is 66.9 Å². The summed E-state index contributed by atoms with van der Waals surface area (Å²) in [7, 11) is 0. The van der Waals surface area contributed by atoms with Gasteiger partial charge < -0.3 is 14.5 Å². The molecule has 0 radical (unpaired) electrons. The van der Waals surface area contributed by atoms with Crippen molar-refractivity contribution in [1.29, 1.82) is 0 Å². The second-order valence-electron chi connectivity index (χ2n) is 8.79. The number of carbonyl (C=O) groups is 3. The molecule has 3 aromatic carbocycles. The fourth-order valence-corrected chi connectivity index (χ4v) is 4.86. The van der Waals surface area contributed by atoms with Crippen LogP contribution in [0.4, 0.5) is 0 Å². The number of esters is 1. The quantitative estimate of drug-likeness (QED) is 0.536. The molecule has 172 valence electrons. The molecule has 6 nitrogen and oxygen atoms in total. The molecule has 2 aliphatic rings. The molecule has 0 aliphatic carbocycles. The average Bonchev–Trinajstić information content (AvgIpc) is 3.29. The van der Waals surface area contributed by atoms with Crippen LogP contribution < -0.4 is 0 Å². The van der Waals surface area contributed by atoms with Crippen molar-refractivity contribution in [1.82, 2.24) is 9.80 Å². The van der Waals surface area contributed by atoms with Gasteiger partial charge in [-0.25, -0.2) is 0 Å². The fourth-order valence-electron chi connectivity index (χ4n) is 4.86. The van der Waals surface area contributed by atoms with Crippen LogP contribution in [-0.2, 0) is 25.7 Å². The smallest absolute Gasteiger partial charge is 0.318 e. The van der Waals surface area contributed by atoms with E-state index in [4.69, 9.17) is 4.74 Å². The van der Waals surface area contributed by atoms with Crippen LogP contribution in [0.15, 0.2) is 91.0 Å². The van der Waals surface area contributed by atoms with Crippen molar-refractivity contribution >= 4 is 17.8 Å². The number of hydrogen-bond donors (Lipinski definition) is 0. The molecular formula is C28H26N2O4. The molecule has 2 amide bonds. The Balaban J connectivity index is 1.31. The Morgan fingerprint density at radius 2 is 1.41 bits per heavy atom. The van der Waals surface area contributed by atoms with Gasteiger partial charge in [0, 0.05) is 13.0 Å². The number of piperazine rings is 1. The highest BCUT2D eigenvalue weighted by molar-refractivity contribution is 5.95. The monoisotopic (exact) mass is 454 g/mol. The molecule has 2 fully saturated rings. The number of ether oxygens (including phenoxy) is 1. The molecule has 0 spiro atoms. The number of fused-ring (bicyclic) bond motifs is 1. The lowest BCUT2D eigenvalue weighted by Gasteiger charge is -2.36. The van der Waals surface area contributed by atoms with E-state index in [0.717, 1.165) is 16.7 Å². The molecular weight excluding hydrogens is 428 g/mol. The Morgan fingerprint density at radius 1 is 0.853 bits per heavy atom. The van der Waals surface area contributed by atoms with Crippen LogP contribution >= 0.6 is 0 Å². The Kier molecular flexibility index (Phi) is 6.12. The van der Waals surface area contributed by atoms with Crippen LogP contribution in [-0.4, -0.2) is 52.8 Å². The zero-order valence-electron chi connectivity index (χ0n) is 18.7. The lowest BCUT2D eigenvalue weighted by Crippen LogP contribution is -2.56. The summed E-state index contributed by atoms with van der Waals surface area (Å²) in [6.45, 7) is 0.683. The van der Waals surface area contributed by atoms with Crippen molar-refractivity contribution < 1.29 is 19.1 Å². The van der Waals surface area contributed by atoms with E-state index in [1.54, 1.807) is 9.80 Å². The van der Waals surface area contributed by atoms with Crippen LogP contribution in [0.3, 0.4) is 0 Å². The zero-order valence-corrected chi connectivity index (χ0v) is 18.7.